The molecule has 3 rings (SSSR count). The second-order valence-corrected chi connectivity index (χ2v) is 6.44. The van der Waals surface area contributed by atoms with Crippen LogP contribution in [0.25, 0.3) is 11.4 Å². The summed E-state index contributed by atoms with van der Waals surface area (Å²) < 4.78 is 0. The van der Waals surface area contributed by atoms with E-state index >= 15 is 0 Å². The van der Waals surface area contributed by atoms with Crippen molar-refractivity contribution in [1.82, 2.24) is 15.3 Å². The molecule has 25 heavy (non-hydrogen) atoms. The standard InChI is InChI=1S/C19H25N5O/c20-19(25)14-8-11-23-18(12-14)17-7-6-16(13-24-17)22-10-3-9-21-15-4-1-2-5-15/h6-8,11-13,15,21-22H,1-5,9-10H2,(H2,20,25). The number of aromatic nitrogens is 2. The second kappa shape index (κ2) is 8.58. The predicted molar refractivity (Wildman–Crippen MR) is 99.4 cm³/mol. The summed E-state index contributed by atoms with van der Waals surface area (Å²) in [6.07, 6.45) is 9.82. The van der Waals surface area contributed by atoms with Gasteiger partial charge in [0.25, 0.3) is 0 Å². The molecule has 1 amide bonds. The number of carbonyl (C=O) groups excluding carboxylic acids is 1. The van der Waals surface area contributed by atoms with Gasteiger partial charge < -0.3 is 16.4 Å². The maximum atomic E-state index is 11.3. The van der Waals surface area contributed by atoms with Gasteiger partial charge in [0.15, 0.2) is 0 Å². The fraction of sp³-hybridized carbons (Fsp3) is 0.421. The molecular formula is C19H25N5O. The lowest BCUT2D eigenvalue weighted by molar-refractivity contribution is 0.1000. The minimum atomic E-state index is -0.465. The summed E-state index contributed by atoms with van der Waals surface area (Å²) in [6, 6.07) is 7.86. The third kappa shape index (κ3) is 5.00. The van der Waals surface area contributed by atoms with Crippen molar-refractivity contribution in [3.8, 4) is 11.4 Å². The monoisotopic (exact) mass is 339 g/mol. The molecule has 1 saturated carbocycles. The van der Waals surface area contributed by atoms with E-state index in [4.69, 9.17) is 5.73 Å². The Balaban J connectivity index is 1.47. The minimum Gasteiger partial charge on any atom is -0.384 e. The Morgan fingerprint density at radius 1 is 1.12 bits per heavy atom. The molecule has 6 heteroatoms. The number of hydrogen-bond donors (Lipinski definition) is 3. The Labute approximate surface area is 148 Å². The molecule has 0 atom stereocenters. The van der Waals surface area contributed by atoms with Crippen molar-refractivity contribution in [3.63, 3.8) is 0 Å². The fourth-order valence-electron chi connectivity index (χ4n) is 3.13. The van der Waals surface area contributed by atoms with Gasteiger partial charge in [0.2, 0.25) is 5.91 Å². The number of primary amides is 1. The van der Waals surface area contributed by atoms with Crippen LogP contribution in [-0.4, -0.2) is 35.0 Å². The summed E-state index contributed by atoms with van der Waals surface area (Å²) in [6.45, 7) is 1.96. The second-order valence-electron chi connectivity index (χ2n) is 6.44. The Bertz CT molecular complexity index is 695. The highest BCUT2D eigenvalue weighted by Crippen LogP contribution is 2.18. The van der Waals surface area contributed by atoms with Gasteiger partial charge in [-0.25, -0.2) is 0 Å². The molecule has 4 N–H and O–H groups in total. The van der Waals surface area contributed by atoms with Gasteiger partial charge in [0, 0.05) is 24.3 Å². The van der Waals surface area contributed by atoms with E-state index in [0.717, 1.165) is 36.9 Å². The first-order valence-electron chi connectivity index (χ1n) is 8.92. The molecule has 0 unspecified atom stereocenters. The molecule has 6 nitrogen and oxygen atoms in total. The van der Waals surface area contributed by atoms with Crippen LogP contribution in [0, 0.1) is 0 Å². The number of amides is 1. The summed E-state index contributed by atoms with van der Waals surface area (Å²) in [4.78, 5) is 19.9. The maximum absolute atomic E-state index is 11.3. The minimum absolute atomic E-state index is 0.434. The highest BCUT2D eigenvalue weighted by Gasteiger charge is 2.13. The van der Waals surface area contributed by atoms with Gasteiger partial charge in [-0.2, -0.15) is 0 Å². The predicted octanol–water partition coefficient (Wildman–Crippen LogP) is 2.58. The van der Waals surface area contributed by atoms with Crippen LogP contribution < -0.4 is 16.4 Å². The summed E-state index contributed by atoms with van der Waals surface area (Å²) in [7, 11) is 0. The van der Waals surface area contributed by atoms with Crippen LogP contribution in [0.5, 0.6) is 0 Å². The van der Waals surface area contributed by atoms with E-state index in [-0.39, 0.29) is 0 Å². The molecule has 2 aromatic rings. The lowest BCUT2D eigenvalue weighted by Gasteiger charge is -2.12. The van der Waals surface area contributed by atoms with Crippen molar-refractivity contribution in [2.75, 3.05) is 18.4 Å². The molecule has 0 radical (unpaired) electrons. The molecule has 0 aromatic carbocycles. The zero-order valence-electron chi connectivity index (χ0n) is 14.4. The molecule has 2 heterocycles. The van der Waals surface area contributed by atoms with Gasteiger partial charge >= 0.3 is 0 Å². The van der Waals surface area contributed by atoms with E-state index < -0.39 is 5.91 Å². The van der Waals surface area contributed by atoms with E-state index in [0.29, 0.717) is 11.3 Å². The van der Waals surface area contributed by atoms with E-state index in [1.54, 1.807) is 24.5 Å². The molecule has 0 aliphatic heterocycles. The Morgan fingerprint density at radius 3 is 2.68 bits per heavy atom. The van der Waals surface area contributed by atoms with Gasteiger partial charge in [0.05, 0.1) is 23.3 Å². The van der Waals surface area contributed by atoms with Gasteiger partial charge in [-0.05, 0) is 50.1 Å². The molecule has 132 valence electrons. The molecule has 0 saturated heterocycles. The zero-order chi connectivity index (χ0) is 17.5. The summed E-state index contributed by atoms with van der Waals surface area (Å²) in [5, 5.41) is 6.99. The molecule has 2 aromatic heterocycles. The van der Waals surface area contributed by atoms with Crippen LogP contribution in [0.4, 0.5) is 5.69 Å². The first-order valence-corrected chi connectivity index (χ1v) is 8.92. The van der Waals surface area contributed by atoms with Gasteiger partial charge in [0.1, 0.15) is 0 Å². The van der Waals surface area contributed by atoms with Crippen LogP contribution in [0.3, 0.4) is 0 Å². The molecule has 0 bridgehead atoms. The number of carbonyl (C=O) groups is 1. The highest BCUT2D eigenvalue weighted by molar-refractivity contribution is 5.93. The maximum Gasteiger partial charge on any atom is 0.248 e. The van der Waals surface area contributed by atoms with Crippen molar-refractivity contribution in [1.29, 1.82) is 0 Å². The van der Waals surface area contributed by atoms with E-state index in [1.165, 1.54) is 25.7 Å². The van der Waals surface area contributed by atoms with Crippen molar-refractivity contribution in [3.05, 3.63) is 42.2 Å². The average Bonchev–Trinajstić information content (AvgIpc) is 3.15. The highest BCUT2D eigenvalue weighted by atomic mass is 16.1. The third-order valence-corrected chi connectivity index (χ3v) is 4.54. The van der Waals surface area contributed by atoms with Gasteiger partial charge in [-0.15, -0.1) is 0 Å². The number of nitrogens with one attached hydrogen (secondary N) is 2. The number of nitrogens with two attached hydrogens (primary N) is 1. The SMILES string of the molecule is NC(=O)c1ccnc(-c2ccc(NCCCNC3CCCC3)cn2)c1. The van der Waals surface area contributed by atoms with Crippen LogP contribution >= 0.6 is 0 Å². The molecular weight excluding hydrogens is 314 g/mol. The van der Waals surface area contributed by atoms with Crippen molar-refractivity contribution < 1.29 is 4.79 Å². The normalized spacial score (nSPS) is 14.6. The van der Waals surface area contributed by atoms with Crippen molar-refractivity contribution in [2.45, 2.75) is 38.1 Å². The molecule has 1 fully saturated rings. The fourth-order valence-corrected chi connectivity index (χ4v) is 3.13. The van der Waals surface area contributed by atoms with Gasteiger partial charge in [-0.3, -0.25) is 14.8 Å². The van der Waals surface area contributed by atoms with Gasteiger partial charge in [-0.1, -0.05) is 12.8 Å². The van der Waals surface area contributed by atoms with Crippen molar-refractivity contribution in [2.24, 2.45) is 5.73 Å². The number of anilines is 1. The Morgan fingerprint density at radius 2 is 1.96 bits per heavy atom. The Hall–Kier alpha value is -2.47. The summed E-state index contributed by atoms with van der Waals surface area (Å²) in [5.41, 5.74) is 8.08. The first kappa shape index (κ1) is 17.4. The molecule has 0 spiro atoms. The van der Waals surface area contributed by atoms with E-state index in [1.807, 2.05) is 12.1 Å². The Kier molecular flexibility index (Phi) is 5.95. The third-order valence-electron chi connectivity index (χ3n) is 4.54. The lowest BCUT2D eigenvalue weighted by Crippen LogP contribution is -2.28. The number of rotatable bonds is 8. The lowest BCUT2D eigenvalue weighted by atomic mass is 10.1. The van der Waals surface area contributed by atoms with Crippen LogP contribution in [0.2, 0.25) is 0 Å². The quantitative estimate of drug-likeness (QED) is 0.643. The van der Waals surface area contributed by atoms with E-state index in [9.17, 15) is 4.79 Å². The van der Waals surface area contributed by atoms with E-state index in [2.05, 4.69) is 20.6 Å². The molecule has 1 aliphatic carbocycles. The number of pyridine rings is 2. The topological polar surface area (TPSA) is 92.9 Å². The molecule has 1 aliphatic rings. The average molecular weight is 339 g/mol. The zero-order valence-corrected chi connectivity index (χ0v) is 14.4. The smallest absolute Gasteiger partial charge is 0.248 e. The number of nitrogens with zero attached hydrogens (tertiary/aromatic N) is 2. The number of hydrogen-bond acceptors (Lipinski definition) is 5. The van der Waals surface area contributed by atoms with Crippen LogP contribution in [0.1, 0.15) is 42.5 Å². The summed E-state index contributed by atoms with van der Waals surface area (Å²) >= 11 is 0. The van der Waals surface area contributed by atoms with Crippen LogP contribution in [-0.2, 0) is 0 Å². The van der Waals surface area contributed by atoms with Crippen molar-refractivity contribution >= 4 is 11.6 Å². The summed E-state index contributed by atoms with van der Waals surface area (Å²) in [5.74, 6) is -0.465. The first-order chi connectivity index (χ1) is 12.2. The van der Waals surface area contributed by atoms with Crippen LogP contribution in [0.15, 0.2) is 36.7 Å². The largest absolute Gasteiger partial charge is 0.384 e.